The third-order valence-electron chi connectivity index (χ3n) is 4.51. The van der Waals surface area contributed by atoms with Gasteiger partial charge in [-0.2, -0.15) is 9.97 Å². The highest BCUT2D eigenvalue weighted by Gasteiger charge is 2.38. The van der Waals surface area contributed by atoms with Gasteiger partial charge in [0.25, 0.3) is 0 Å². The Bertz CT molecular complexity index is 830. The SMILES string of the molecule is CC1(C)CC(Nc2nc(-c3ccc(Cl)cc3)nc(C(Cl)(Cl)Cl)n2)CC(C)(C)N1. The highest BCUT2D eigenvalue weighted by Crippen LogP contribution is 2.37. The largest absolute Gasteiger partial charge is 0.351 e. The molecule has 0 atom stereocenters. The van der Waals surface area contributed by atoms with Gasteiger partial charge in [0.15, 0.2) is 11.6 Å². The first-order valence-electron chi connectivity index (χ1n) is 8.98. The number of aromatic nitrogens is 3. The van der Waals surface area contributed by atoms with E-state index < -0.39 is 3.79 Å². The van der Waals surface area contributed by atoms with Gasteiger partial charge in [0.1, 0.15) is 0 Å². The molecule has 1 aliphatic heterocycles. The van der Waals surface area contributed by atoms with Crippen molar-refractivity contribution in [1.82, 2.24) is 20.3 Å². The number of anilines is 1. The average molecular weight is 463 g/mol. The summed E-state index contributed by atoms with van der Waals surface area (Å²) in [6.07, 6.45) is 1.81. The molecule has 0 spiro atoms. The Labute approximate surface area is 185 Å². The molecule has 3 rings (SSSR count). The van der Waals surface area contributed by atoms with Crippen LogP contribution in [0, 0.1) is 0 Å². The van der Waals surface area contributed by atoms with Gasteiger partial charge in [0.05, 0.1) is 0 Å². The summed E-state index contributed by atoms with van der Waals surface area (Å²) >= 11 is 24.2. The number of nitrogens with one attached hydrogen (secondary N) is 2. The fourth-order valence-corrected chi connectivity index (χ4v) is 4.28. The maximum atomic E-state index is 6.07. The Morgan fingerprint density at radius 3 is 2.07 bits per heavy atom. The zero-order valence-electron chi connectivity index (χ0n) is 16.2. The molecular weight excluding hydrogens is 440 g/mol. The van der Waals surface area contributed by atoms with Crippen molar-refractivity contribution in [2.45, 2.75) is 61.4 Å². The lowest BCUT2D eigenvalue weighted by atomic mass is 9.80. The number of benzene rings is 1. The minimum atomic E-state index is -1.76. The van der Waals surface area contributed by atoms with Crippen molar-refractivity contribution in [3.8, 4) is 11.4 Å². The van der Waals surface area contributed by atoms with Gasteiger partial charge in [-0.3, -0.25) is 0 Å². The van der Waals surface area contributed by atoms with Crippen molar-refractivity contribution < 1.29 is 0 Å². The predicted octanol–water partition coefficient (Wildman–Crippen LogP) is 5.74. The normalized spacial score (nSPS) is 19.4. The lowest BCUT2D eigenvalue weighted by molar-refractivity contribution is 0.170. The minimum Gasteiger partial charge on any atom is -0.351 e. The van der Waals surface area contributed by atoms with E-state index in [9.17, 15) is 0 Å². The van der Waals surface area contributed by atoms with Crippen LogP contribution in [0.1, 0.15) is 46.4 Å². The van der Waals surface area contributed by atoms with E-state index in [1.54, 1.807) is 12.1 Å². The van der Waals surface area contributed by atoms with Crippen LogP contribution in [0.5, 0.6) is 0 Å². The van der Waals surface area contributed by atoms with Crippen molar-refractivity contribution in [3.63, 3.8) is 0 Å². The minimum absolute atomic E-state index is 0.0243. The lowest BCUT2D eigenvalue weighted by Gasteiger charge is -2.46. The summed E-state index contributed by atoms with van der Waals surface area (Å²) in [7, 11) is 0. The number of hydrogen-bond acceptors (Lipinski definition) is 5. The van der Waals surface area contributed by atoms with Crippen LogP contribution in [0.25, 0.3) is 11.4 Å². The Morgan fingerprint density at radius 1 is 0.964 bits per heavy atom. The molecule has 0 amide bonds. The quantitative estimate of drug-likeness (QED) is 0.569. The molecule has 2 N–H and O–H groups in total. The van der Waals surface area contributed by atoms with Gasteiger partial charge < -0.3 is 10.6 Å². The molecular formula is C19H23Cl4N5. The molecule has 0 bridgehead atoms. The topological polar surface area (TPSA) is 62.7 Å². The van der Waals surface area contributed by atoms with Gasteiger partial charge in [0.2, 0.25) is 9.74 Å². The molecule has 1 aromatic carbocycles. The molecule has 2 aromatic rings. The summed E-state index contributed by atoms with van der Waals surface area (Å²) in [5.41, 5.74) is 0.712. The van der Waals surface area contributed by atoms with Gasteiger partial charge in [-0.25, -0.2) is 4.98 Å². The number of nitrogens with zero attached hydrogens (tertiary/aromatic N) is 3. The molecule has 2 heterocycles. The number of hydrogen-bond donors (Lipinski definition) is 2. The van der Waals surface area contributed by atoms with Crippen molar-refractivity contribution in [2.24, 2.45) is 0 Å². The second-order valence-corrected chi connectivity index (χ2v) is 11.2. The van der Waals surface area contributed by atoms with E-state index in [0.717, 1.165) is 18.4 Å². The third kappa shape index (κ3) is 5.61. The van der Waals surface area contributed by atoms with Gasteiger partial charge in [-0.05, 0) is 64.8 Å². The van der Waals surface area contributed by atoms with Crippen LogP contribution in [0.15, 0.2) is 24.3 Å². The summed E-state index contributed by atoms with van der Waals surface area (Å²) in [6.45, 7) is 8.73. The van der Waals surface area contributed by atoms with E-state index >= 15 is 0 Å². The molecule has 152 valence electrons. The van der Waals surface area contributed by atoms with E-state index in [-0.39, 0.29) is 22.9 Å². The van der Waals surface area contributed by atoms with E-state index in [1.807, 2.05) is 12.1 Å². The van der Waals surface area contributed by atoms with Crippen molar-refractivity contribution in [3.05, 3.63) is 35.1 Å². The van der Waals surface area contributed by atoms with Crippen LogP contribution in [-0.2, 0) is 3.79 Å². The lowest BCUT2D eigenvalue weighted by Crippen LogP contribution is -2.60. The van der Waals surface area contributed by atoms with Gasteiger partial charge in [-0.15, -0.1) is 0 Å². The molecule has 1 aliphatic rings. The summed E-state index contributed by atoms with van der Waals surface area (Å²) in [5.74, 6) is 0.884. The molecule has 1 aromatic heterocycles. The Morgan fingerprint density at radius 2 is 1.54 bits per heavy atom. The number of piperidine rings is 1. The van der Waals surface area contributed by atoms with Crippen molar-refractivity contribution >= 4 is 52.4 Å². The second-order valence-electron chi connectivity index (χ2n) is 8.45. The highest BCUT2D eigenvalue weighted by atomic mass is 35.6. The standard InChI is InChI=1S/C19H23Cl4N5/c1-17(2)9-13(10-18(3,4)28-17)24-16-26-14(11-5-7-12(20)8-6-11)25-15(27-16)19(21,22)23/h5-8,13,28H,9-10H2,1-4H3,(H,24,25,26,27). The number of alkyl halides is 3. The average Bonchev–Trinajstić information content (AvgIpc) is 2.51. The number of rotatable bonds is 3. The summed E-state index contributed by atoms with van der Waals surface area (Å²) in [6, 6.07) is 7.33. The second kappa shape index (κ2) is 7.77. The summed E-state index contributed by atoms with van der Waals surface area (Å²) in [5, 5.41) is 7.70. The van der Waals surface area contributed by atoms with Gasteiger partial charge in [-0.1, -0.05) is 46.4 Å². The fraction of sp³-hybridized carbons (Fsp3) is 0.526. The molecule has 0 radical (unpaired) electrons. The van der Waals surface area contributed by atoms with Crippen LogP contribution in [0.2, 0.25) is 5.02 Å². The van der Waals surface area contributed by atoms with E-state index in [1.165, 1.54) is 0 Å². The molecule has 0 unspecified atom stereocenters. The molecule has 0 aliphatic carbocycles. The van der Waals surface area contributed by atoms with E-state index in [0.29, 0.717) is 16.8 Å². The molecule has 28 heavy (non-hydrogen) atoms. The monoisotopic (exact) mass is 461 g/mol. The third-order valence-corrected chi connectivity index (χ3v) is 5.27. The first kappa shape index (κ1) is 21.8. The fourth-order valence-electron chi connectivity index (χ4n) is 3.90. The molecule has 1 saturated heterocycles. The zero-order valence-corrected chi connectivity index (χ0v) is 19.2. The maximum Gasteiger partial charge on any atom is 0.250 e. The Hall–Kier alpha value is -0.850. The van der Waals surface area contributed by atoms with Crippen LogP contribution < -0.4 is 10.6 Å². The van der Waals surface area contributed by atoms with E-state index in [2.05, 4.69) is 53.3 Å². The van der Waals surface area contributed by atoms with Gasteiger partial charge >= 0.3 is 0 Å². The zero-order chi connectivity index (χ0) is 20.7. The number of halogens is 4. The van der Waals surface area contributed by atoms with Crippen LogP contribution in [-0.4, -0.2) is 32.1 Å². The van der Waals surface area contributed by atoms with Crippen LogP contribution >= 0.6 is 46.4 Å². The van der Waals surface area contributed by atoms with Crippen LogP contribution in [0.3, 0.4) is 0 Å². The van der Waals surface area contributed by atoms with Crippen molar-refractivity contribution in [1.29, 1.82) is 0 Å². The van der Waals surface area contributed by atoms with Crippen LogP contribution in [0.4, 0.5) is 5.95 Å². The van der Waals surface area contributed by atoms with Gasteiger partial charge in [0, 0.05) is 27.7 Å². The molecule has 5 nitrogen and oxygen atoms in total. The smallest absolute Gasteiger partial charge is 0.250 e. The molecule has 9 heteroatoms. The van der Waals surface area contributed by atoms with Crippen molar-refractivity contribution in [2.75, 3.05) is 5.32 Å². The Kier molecular flexibility index (Phi) is 6.06. The maximum absolute atomic E-state index is 6.07. The summed E-state index contributed by atoms with van der Waals surface area (Å²) < 4.78 is -1.76. The highest BCUT2D eigenvalue weighted by molar-refractivity contribution is 6.66. The Balaban J connectivity index is 1.96. The van der Waals surface area contributed by atoms with E-state index in [4.69, 9.17) is 46.4 Å². The molecule has 0 saturated carbocycles. The first-order valence-corrected chi connectivity index (χ1v) is 10.5. The predicted molar refractivity (Wildman–Crippen MR) is 117 cm³/mol. The summed E-state index contributed by atoms with van der Waals surface area (Å²) in [4.78, 5) is 13.3. The molecule has 1 fully saturated rings. The first-order chi connectivity index (χ1) is 12.8.